The first kappa shape index (κ1) is 16.7. The lowest BCUT2D eigenvalue weighted by molar-refractivity contribution is 0.184. The molecule has 0 atom stereocenters. The monoisotopic (exact) mass is 327 g/mol. The molecule has 0 amide bonds. The molecule has 118 valence electrons. The summed E-state index contributed by atoms with van der Waals surface area (Å²) in [6.45, 7) is 2.19. The average molecular weight is 327 g/mol. The minimum absolute atomic E-state index is 0.341. The number of aromatic nitrogens is 1. The second-order valence-corrected chi connectivity index (χ2v) is 5.17. The van der Waals surface area contributed by atoms with E-state index in [0.29, 0.717) is 23.1 Å². The van der Waals surface area contributed by atoms with Crippen molar-refractivity contribution in [3.8, 4) is 6.07 Å². The maximum absolute atomic E-state index is 9.36. The van der Waals surface area contributed by atoms with Gasteiger partial charge in [0.1, 0.15) is 11.6 Å². The molecule has 2 rings (SSSR count). The molecule has 0 radical (unpaired) electrons. The molecule has 0 saturated heterocycles. The summed E-state index contributed by atoms with van der Waals surface area (Å²) in [5, 5.41) is 12.8. The van der Waals surface area contributed by atoms with Crippen LogP contribution >= 0.6 is 12.2 Å². The minimum atomic E-state index is 0.341. The Labute approximate surface area is 140 Å². The maximum atomic E-state index is 9.36. The van der Waals surface area contributed by atoms with Gasteiger partial charge in [-0.3, -0.25) is 10.9 Å². The van der Waals surface area contributed by atoms with Crippen molar-refractivity contribution >= 4 is 28.8 Å². The third kappa shape index (κ3) is 4.64. The number of methoxy groups -OCH3 is 1. The molecule has 3 N–H and O–H groups in total. The number of aryl methyl sites for hydroxylation is 1. The summed E-state index contributed by atoms with van der Waals surface area (Å²) in [4.78, 5) is 4.33. The predicted octanol–water partition coefficient (Wildman–Crippen LogP) is 2.72. The number of nitrogens with one attached hydrogen (secondary N) is 3. The van der Waals surface area contributed by atoms with E-state index in [-0.39, 0.29) is 0 Å². The SMILES string of the molecule is COCc1cc(C)nc(NNC(=S)Nc2ccccc2)c1C#N. The Morgan fingerprint density at radius 3 is 2.74 bits per heavy atom. The fourth-order valence-corrected chi connectivity index (χ4v) is 2.19. The third-order valence-electron chi connectivity index (χ3n) is 2.97. The molecule has 2 aromatic rings. The molecule has 6 nitrogen and oxygen atoms in total. The molecule has 0 spiro atoms. The van der Waals surface area contributed by atoms with Gasteiger partial charge >= 0.3 is 0 Å². The van der Waals surface area contributed by atoms with Crippen molar-refractivity contribution in [1.82, 2.24) is 10.4 Å². The van der Waals surface area contributed by atoms with Gasteiger partial charge in [-0.1, -0.05) is 18.2 Å². The molecule has 23 heavy (non-hydrogen) atoms. The highest BCUT2D eigenvalue weighted by Crippen LogP contribution is 2.18. The van der Waals surface area contributed by atoms with E-state index < -0.39 is 0 Å². The van der Waals surface area contributed by atoms with Crippen LogP contribution in [-0.4, -0.2) is 17.2 Å². The standard InChI is InChI=1S/C16H17N5OS/c1-11-8-12(10-22-2)14(9-17)15(18-11)20-21-16(23)19-13-6-4-3-5-7-13/h3-8H,10H2,1-2H3,(H,18,20)(H2,19,21,23). The lowest BCUT2D eigenvalue weighted by Crippen LogP contribution is -2.34. The fraction of sp³-hybridized carbons (Fsp3) is 0.188. The van der Waals surface area contributed by atoms with Crippen LogP contribution in [0.4, 0.5) is 11.5 Å². The zero-order valence-electron chi connectivity index (χ0n) is 12.9. The Kier molecular flexibility index (Phi) is 5.86. The van der Waals surface area contributed by atoms with Gasteiger partial charge in [0.2, 0.25) is 0 Å². The van der Waals surface area contributed by atoms with Crippen LogP contribution in [0.3, 0.4) is 0 Å². The second kappa shape index (κ2) is 8.08. The number of anilines is 2. The third-order valence-corrected chi connectivity index (χ3v) is 3.17. The van der Waals surface area contributed by atoms with Gasteiger partial charge in [0.25, 0.3) is 0 Å². The molecular formula is C16H17N5OS. The molecule has 1 aromatic heterocycles. The maximum Gasteiger partial charge on any atom is 0.189 e. The number of nitrogens with zero attached hydrogens (tertiary/aromatic N) is 2. The minimum Gasteiger partial charge on any atom is -0.380 e. The largest absolute Gasteiger partial charge is 0.380 e. The van der Waals surface area contributed by atoms with E-state index in [4.69, 9.17) is 17.0 Å². The Hall–Kier alpha value is -2.69. The average Bonchev–Trinajstić information content (AvgIpc) is 2.54. The van der Waals surface area contributed by atoms with Gasteiger partial charge in [-0.15, -0.1) is 0 Å². The van der Waals surface area contributed by atoms with Crippen LogP contribution < -0.4 is 16.2 Å². The van der Waals surface area contributed by atoms with E-state index in [1.807, 2.05) is 43.3 Å². The van der Waals surface area contributed by atoms with Crippen LogP contribution in [0, 0.1) is 18.3 Å². The van der Waals surface area contributed by atoms with Gasteiger partial charge in [-0.05, 0) is 37.3 Å². The number of hydrazine groups is 1. The van der Waals surface area contributed by atoms with Crippen molar-refractivity contribution in [1.29, 1.82) is 5.26 Å². The van der Waals surface area contributed by atoms with Crippen LogP contribution in [-0.2, 0) is 11.3 Å². The van der Waals surface area contributed by atoms with Gasteiger partial charge in [-0.2, -0.15) is 5.26 Å². The molecule has 7 heteroatoms. The molecule has 0 aliphatic rings. The molecule has 0 fully saturated rings. The number of pyridine rings is 1. The van der Waals surface area contributed by atoms with Gasteiger partial charge < -0.3 is 10.1 Å². The first-order chi connectivity index (χ1) is 11.1. The first-order valence-corrected chi connectivity index (χ1v) is 7.32. The molecular weight excluding hydrogens is 310 g/mol. The van der Waals surface area contributed by atoms with E-state index in [0.717, 1.165) is 16.9 Å². The highest BCUT2D eigenvalue weighted by molar-refractivity contribution is 7.80. The molecule has 0 saturated carbocycles. The van der Waals surface area contributed by atoms with E-state index in [1.165, 1.54) is 0 Å². The Bertz CT molecular complexity index is 727. The summed E-state index contributed by atoms with van der Waals surface area (Å²) in [7, 11) is 1.58. The van der Waals surface area contributed by atoms with Crippen LogP contribution in [0.1, 0.15) is 16.8 Å². The number of benzene rings is 1. The summed E-state index contributed by atoms with van der Waals surface area (Å²) in [5.74, 6) is 0.414. The van der Waals surface area contributed by atoms with Crippen molar-refractivity contribution in [2.45, 2.75) is 13.5 Å². The van der Waals surface area contributed by atoms with Crippen molar-refractivity contribution in [2.24, 2.45) is 0 Å². The zero-order valence-corrected chi connectivity index (χ0v) is 13.7. The van der Waals surface area contributed by atoms with Gasteiger partial charge in [0.05, 0.1) is 6.61 Å². The van der Waals surface area contributed by atoms with Crippen LogP contribution in [0.5, 0.6) is 0 Å². The number of ether oxygens (including phenoxy) is 1. The summed E-state index contributed by atoms with van der Waals surface area (Å²) in [5.41, 5.74) is 8.56. The van der Waals surface area contributed by atoms with Crippen LogP contribution in [0.2, 0.25) is 0 Å². The molecule has 0 bridgehead atoms. The topological polar surface area (TPSA) is 82.0 Å². The van der Waals surface area contributed by atoms with E-state index >= 15 is 0 Å². The predicted molar refractivity (Wildman–Crippen MR) is 93.8 cm³/mol. The first-order valence-electron chi connectivity index (χ1n) is 6.91. The summed E-state index contributed by atoms with van der Waals surface area (Å²) in [6, 6.07) is 13.5. The van der Waals surface area contributed by atoms with Crippen molar-refractivity contribution in [3.05, 3.63) is 53.2 Å². The lowest BCUT2D eigenvalue weighted by atomic mass is 10.1. The van der Waals surface area contributed by atoms with Crippen molar-refractivity contribution in [2.75, 3.05) is 17.9 Å². The van der Waals surface area contributed by atoms with Gasteiger partial charge in [0, 0.05) is 24.1 Å². The molecule has 1 heterocycles. The normalized spacial score (nSPS) is 9.78. The highest BCUT2D eigenvalue weighted by atomic mass is 32.1. The Morgan fingerprint density at radius 2 is 2.09 bits per heavy atom. The number of hydrogen-bond donors (Lipinski definition) is 3. The Balaban J connectivity index is 2.08. The second-order valence-electron chi connectivity index (χ2n) is 4.76. The summed E-state index contributed by atoms with van der Waals surface area (Å²) >= 11 is 5.21. The van der Waals surface area contributed by atoms with E-state index in [1.54, 1.807) is 7.11 Å². The number of para-hydroxylation sites is 1. The van der Waals surface area contributed by atoms with Crippen molar-refractivity contribution < 1.29 is 4.74 Å². The number of thiocarbonyl (C=S) groups is 1. The Morgan fingerprint density at radius 1 is 1.35 bits per heavy atom. The summed E-state index contributed by atoms with van der Waals surface area (Å²) in [6.07, 6.45) is 0. The van der Waals surface area contributed by atoms with E-state index in [2.05, 4.69) is 27.2 Å². The molecule has 1 aromatic carbocycles. The molecule has 0 aliphatic heterocycles. The van der Waals surface area contributed by atoms with E-state index in [9.17, 15) is 5.26 Å². The molecule has 0 aliphatic carbocycles. The smallest absolute Gasteiger partial charge is 0.189 e. The molecule has 0 unspecified atom stereocenters. The van der Waals surface area contributed by atoms with Crippen LogP contribution in [0.15, 0.2) is 36.4 Å². The quantitative estimate of drug-likeness (QED) is 0.575. The fourth-order valence-electron chi connectivity index (χ4n) is 2.03. The lowest BCUT2D eigenvalue weighted by Gasteiger charge is -2.15. The number of hydrogen-bond acceptors (Lipinski definition) is 5. The number of rotatable bonds is 5. The van der Waals surface area contributed by atoms with Gasteiger partial charge in [-0.25, -0.2) is 4.98 Å². The van der Waals surface area contributed by atoms with Gasteiger partial charge in [0.15, 0.2) is 10.9 Å². The summed E-state index contributed by atoms with van der Waals surface area (Å²) < 4.78 is 5.12. The van der Waals surface area contributed by atoms with Crippen molar-refractivity contribution in [3.63, 3.8) is 0 Å². The zero-order chi connectivity index (χ0) is 16.7. The highest BCUT2D eigenvalue weighted by Gasteiger charge is 2.11. The number of nitriles is 1. The van der Waals surface area contributed by atoms with Crippen LogP contribution in [0.25, 0.3) is 0 Å².